The fraction of sp³-hybridized carbons (Fsp3) is 0.478. The van der Waals surface area contributed by atoms with E-state index in [1.807, 2.05) is 36.4 Å². The SMILES string of the molecule is O=P(OCCCCO[C@@H]1CCCCC[C@H]1Br)(Oc1ccccc1)Oc1ccccc1. The number of unbranched alkanes of at least 4 members (excludes halogenated alkanes) is 1. The van der Waals surface area contributed by atoms with Crippen LogP contribution in [0.25, 0.3) is 0 Å². The molecule has 0 N–H and O–H groups in total. The van der Waals surface area contributed by atoms with Gasteiger partial charge < -0.3 is 13.8 Å². The van der Waals surface area contributed by atoms with E-state index in [0.29, 0.717) is 29.4 Å². The summed E-state index contributed by atoms with van der Waals surface area (Å²) in [4.78, 5) is 0.440. The topological polar surface area (TPSA) is 54.0 Å². The number of phosphoric acid groups is 1. The van der Waals surface area contributed by atoms with Gasteiger partial charge in [0.2, 0.25) is 0 Å². The predicted molar refractivity (Wildman–Crippen MR) is 122 cm³/mol. The van der Waals surface area contributed by atoms with Gasteiger partial charge in [0, 0.05) is 11.4 Å². The van der Waals surface area contributed by atoms with E-state index in [0.717, 1.165) is 12.8 Å². The molecule has 5 nitrogen and oxygen atoms in total. The molecule has 1 aliphatic carbocycles. The monoisotopic (exact) mass is 496 g/mol. The van der Waals surface area contributed by atoms with Crippen LogP contribution in [0.5, 0.6) is 11.5 Å². The highest BCUT2D eigenvalue weighted by Gasteiger charge is 2.30. The summed E-state index contributed by atoms with van der Waals surface area (Å²) in [5, 5.41) is 0. The van der Waals surface area contributed by atoms with Gasteiger partial charge in [0.25, 0.3) is 0 Å². The minimum atomic E-state index is -3.80. The molecule has 0 spiro atoms. The molecule has 0 amide bonds. The standard InChI is InChI=1S/C23H30BrO5P/c24-22-16-8-3-9-17-23(22)26-18-10-11-19-27-30(25,28-20-12-4-1-5-13-20)29-21-14-6-2-7-15-21/h1-2,4-7,12-15,22-23H,3,8-11,16-19H2/t22-,23-/m1/s1. The quantitative estimate of drug-likeness (QED) is 0.143. The van der Waals surface area contributed by atoms with E-state index < -0.39 is 7.82 Å². The summed E-state index contributed by atoms with van der Waals surface area (Å²) in [7, 11) is -3.80. The Morgan fingerprint density at radius 1 is 0.800 bits per heavy atom. The lowest BCUT2D eigenvalue weighted by Gasteiger charge is -2.21. The number of ether oxygens (including phenoxy) is 1. The molecule has 0 aliphatic heterocycles. The summed E-state index contributed by atoms with van der Waals surface area (Å²) in [5.74, 6) is 0.883. The third kappa shape index (κ3) is 8.07. The largest absolute Gasteiger partial charge is 0.587 e. The van der Waals surface area contributed by atoms with Gasteiger partial charge in [-0.25, -0.2) is 4.57 Å². The summed E-state index contributed by atoms with van der Waals surface area (Å²) in [5.41, 5.74) is 0. The maximum Gasteiger partial charge on any atom is 0.587 e. The first-order chi connectivity index (χ1) is 14.6. The highest BCUT2D eigenvalue weighted by molar-refractivity contribution is 9.09. The van der Waals surface area contributed by atoms with Crippen molar-refractivity contribution in [2.45, 2.75) is 55.9 Å². The Kier molecular flexibility index (Phi) is 9.73. The molecule has 0 bridgehead atoms. The third-order valence-corrected chi connectivity index (χ3v) is 7.33. The van der Waals surface area contributed by atoms with Crippen LogP contribution in [0, 0.1) is 0 Å². The fourth-order valence-corrected chi connectivity index (χ4v) is 5.32. The Balaban J connectivity index is 1.46. The number of para-hydroxylation sites is 2. The zero-order valence-corrected chi connectivity index (χ0v) is 19.6. The van der Waals surface area contributed by atoms with Crippen molar-refractivity contribution in [3.63, 3.8) is 0 Å². The number of rotatable bonds is 11. The fourth-order valence-electron chi connectivity index (χ4n) is 3.32. The average Bonchev–Trinajstić information content (AvgIpc) is 2.96. The number of phosphoric ester groups is 1. The molecule has 2 aromatic carbocycles. The summed E-state index contributed by atoms with van der Waals surface area (Å²) in [6.45, 7) is 0.933. The first-order valence-electron chi connectivity index (χ1n) is 10.6. The molecular formula is C23H30BrO5P. The van der Waals surface area contributed by atoms with Crippen LogP contribution in [0.3, 0.4) is 0 Å². The van der Waals surface area contributed by atoms with E-state index in [9.17, 15) is 4.57 Å². The molecule has 30 heavy (non-hydrogen) atoms. The van der Waals surface area contributed by atoms with Gasteiger partial charge in [-0.2, -0.15) is 0 Å². The van der Waals surface area contributed by atoms with Crippen molar-refractivity contribution in [2.75, 3.05) is 13.2 Å². The van der Waals surface area contributed by atoms with Crippen LogP contribution in [0.1, 0.15) is 44.9 Å². The number of hydrogen-bond donors (Lipinski definition) is 0. The van der Waals surface area contributed by atoms with E-state index in [4.69, 9.17) is 18.3 Å². The highest BCUT2D eigenvalue weighted by Crippen LogP contribution is 2.49. The number of hydrogen-bond acceptors (Lipinski definition) is 5. The molecule has 7 heteroatoms. The van der Waals surface area contributed by atoms with Crippen molar-refractivity contribution in [3.05, 3.63) is 60.7 Å². The van der Waals surface area contributed by atoms with Gasteiger partial charge in [-0.1, -0.05) is 71.6 Å². The van der Waals surface area contributed by atoms with Crippen LogP contribution in [0.4, 0.5) is 0 Å². The van der Waals surface area contributed by atoms with E-state index >= 15 is 0 Å². The van der Waals surface area contributed by atoms with Crippen LogP contribution >= 0.6 is 23.8 Å². The Morgan fingerprint density at radius 2 is 1.37 bits per heavy atom. The average molecular weight is 497 g/mol. The van der Waals surface area contributed by atoms with Crippen LogP contribution in [-0.4, -0.2) is 24.1 Å². The smallest absolute Gasteiger partial charge is 0.395 e. The Labute approximate surface area is 187 Å². The molecule has 3 rings (SSSR count). The van der Waals surface area contributed by atoms with Gasteiger partial charge in [-0.15, -0.1) is 0 Å². The van der Waals surface area contributed by atoms with Gasteiger partial charge in [0.15, 0.2) is 0 Å². The number of alkyl halides is 1. The second kappa shape index (κ2) is 12.5. The van der Waals surface area contributed by atoms with Crippen LogP contribution in [0.2, 0.25) is 0 Å². The number of halogens is 1. The second-order valence-electron chi connectivity index (χ2n) is 7.36. The van der Waals surface area contributed by atoms with Crippen molar-refractivity contribution in [1.82, 2.24) is 0 Å². The van der Waals surface area contributed by atoms with Crippen molar-refractivity contribution in [2.24, 2.45) is 0 Å². The molecule has 0 aromatic heterocycles. The summed E-state index contributed by atoms with van der Waals surface area (Å²) in [6, 6.07) is 17.9. The maximum absolute atomic E-state index is 13.2. The number of benzene rings is 2. The molecular weight excluding hydrogens is 467 g/mol. The third-order valence-electron chi connectivity index (χ3n) is 4.91. The van der Waals surface area contributed by atoms with Crippen LogP contribution < -0.4 is 9.05 Å². The second-order valence-corrected chi connectivity index (χ2v) is 10.1. The van der Waals surface area contributed by atoms with E-state index in [-0.39, 0.29) is 12.7 Å². The molecule has 0 heterocycles. The van der Waals surface area contributed by atoms with Crippen LogP contribution in [-0.2, 0) is 13.8 Å². The lowest BCUT2D eigenvalue weighted by Crippen LogP contribution is -2.23. The zero-order chi connectivity index (χ0) is 21.1. The van der Waals surface area contributed by atoms with E-state index in [2.05, 4.69) is 15.9 Å². The molecule has 0 unspecified atom stereocenters. The molecule has 1 aliphatic rings. The predicted octanol–water partition coefficient (Wildman–Crippen LogP) is 7.16. The van der Waals surface area contributed by atoms with Gasteiger partial charge >= 0.3 is 7.82 Å². The van der Waals surface area contributed by atoms with Gasteiger partial charge in [0.1, 0.15) is 11.5 Å². The van der Waals surface area contributed by atoms with E-state index in [1.54, 1.807) is 24.3 Å². The zero-order valence-electron chi connectivity index (χ0n) is 17.2. The van der Waals surface area contributed by atoms with Crippen molar-refractivity contribution in [1.29, 1.82) is 0 Å². The first-order valence-corrected chi connectivity index (χ1v) is 13.0. The normalized spacial score (nSPS) is 19.8. The van der Waals surface area contributed by atoms with E-state index in [1.165, 1.54) is 25.7 Å². The van der Waals surface area contributed by atoms with Crippen LogP contribution in [0.15, 0.2) is 60.7 Å². The molecule has 1 fully saturated rings. The summed E-state index contributed by atoms with van der Waals surface area (Å²) in [6.07, 6.45) is 7.87. The molecule has 2 atom stereocenters. The Hall–Kier alpha value is -1.33. The van der Waals surface area contributed by atoms with Gasteiger partial charge in [-0.3, -0.25) is 4.52 Å². The summed E-state index contributed by atoms with van der Waals surface area (Å²) >= 11 is 3.76. The lowest BCUT2D eigenvalue weighted by molar-refractivity contribution is 0.0440. The molecule has 1 saturated carbocycles. The van der Waals surface area contributed by atoms with Crippen molar-refractivity contribution >= 4 is 23.8 Å². The summed E-state index contributed by atoms with van der Waals surface area (Å²) < 4.78 is 36.1. The van der Waals surface area contributed by atoms with Gasteiger partial charge in [-0.05, 0) is 49.9 Å². The van der Waals surface area contributed by atoms with Gasteiger partial charge in [0.05, 0.1) is 12.7 Å². The molecule has 2 aromatic rings. The highest BCUT2D eigenvalue weighted by atomic mass is 79.9. The molecule has 164 valence electrons. The first kappa shape index (κ1) is 23.3. The maximum atomic E-state index is 13.2. The lowest BCUT2D eigenvalue weighted by atomic mass is 10.1. The van der Waals surface area contributed by atoms with Crippen molar-refractivity contribution in [3.8, 4) is 11.5 Å². The Bertz CT molecular complexity index is 728. The Morgan fingerprint density at radius 3 is 2.00 bits per heavy atom. The molecule has 0 radical (unpaired) electrons. The van der Waals surface area contributed by atoms with Crippen molar-refractivity contribution < 1.29 is 22.9 Å². The minimum absolute atomic E-state index is 0.267. The molecule has 0 saturated heterocycles. The minimum Gasteiger partial charge on any atom is -0.395 e.